The van der Waals surface area contributed by atoms with Gasteiger partial charge in [0.25, 0.3) is 5.91 Å². The molecule has 7 nitrogen and oxygen atoms in total. The number of aromatic nitrogens is 3. The number of hydrogen-bond donors (Lipinski definition) is 2. The lowest BCUT2D eigenvalue weighted by Gasteiger charge is -2.08. The minimum Gasteiger partial charge on any atom is -0.359 e. The van der Waals surface area contributed by atoms with E-state index in [1.807, 2.05) is 30.3 Å². The summed E-state index contributed by atoms with van der Waals surface area (Å²) in [6.07, 6.45) is 4.95. The van der Waals surface area contributed by atoms with Crippen LogP contribution in [0.1, 0.15) is 16.1 Å². The smallest absolute Gasteiger partial charge is 0.259 e. The maximum atomic E-state index is 12.4. The van der Waals surface area contributed by atoms with E-state index in [2.05, 4.69) is 20.6 Å². The Morgan fingerprint density at radius 3 is 2.60 bits per heavy atom. The molecule has 0 atom stereocenters. The summed E-state index contributed by atoms with van der Waals surface area (Å²) in [7, 11) is 1.57. The summed E-state index contributed by atoms with van der Waals surface area (Å²) in [6.45, 7) is 0. The van der Waals surface area contributed by atoms with Crippen LogP contribution in [0.3, 0.4) is 0 Å². The number of benzene rings is 1. The van der Waals surface area contributed by atoms with E-state index >= 15 is 0 Å². The van der Waals surface area contributed by atoms with Crippen LogP contribution < -0.4 is 10.6 Å². The van der Waals surface area contributed by atoms with Crippen molar-refractivity contribution >= 4 is 17.8 Å². The topological polar surface area (TPSA) is 88.9 Å². The number of pyridine rings is 1. The molecular formula is C18H17N5O2. The Hall–Kier alpha value is -3.48. The van der Waals surface area contributed by atoms with E-state index in [9.17, 15) is 9.59 Å². The van der Waals surface area contributed by atoms with Gasteiger partial charge < -0.3 is 5.32 Å². The van der Waals surface area contributed by atoms with Gasteiger partial charge in [-0.3, -0.25) is 24.5 Å². The number of nitrogens with zero attached hydrogens (tertiary/aromatic N) is 3. The highest BCUT2D eigenvalue weighted by atomic mass is 16.2. The van der Waals surface area contributed by atoms with Crippen LogP contribution >= 0.6 is 0 Å². The Labute approximate surface area is 144 Å². The van der Waals surface area contributed by atoms with Gasteiger partial charge in [-0.2, -0.15) is 0 Å². The van der Waals surface area contributed by atoms with E-state index in [4.69, 9.17) is 0 Å². The van der Waals surface area contributed by atoms with E-state index in [-0.39, 0.29) is 18.2 Å². The molecule has 3 rings (SSSR count). The summed E-state index contributed by atoms with van der Waals surface area (Å²) in [5.41, 5.74) is 1.82. The third-order valence-corrected chi connectivity index (χ3v) is 3.56. The lowest BCUT2D eigenvalue weighted by Crippen LogP contribution is -2.20. The highest BCUT2D eigenvalue weighted by Crippen LogP contribution is 2.18. The molecule has 2 amide bonds. The SMILES string of the molecule is CNC(=O)Cc1cn(-c2ccccc2)c(NC(=O)c2cccnc2)n1. The molecule has 3 aromatic rings. The Morgan fingerprint density at radius 2 is 1.92 bits per heavy atom. The molecule has 2 aromatic heterocycles. The number of rotatable bonds is 5. The van der Waals surface area contributed by atoms with Gasteiger partial charge in [0.2, 0.25) is 11.9 Å². The number of likely N-dealkylation sites (N-methyl/N-ethyl adjacent to an activating group) is 1. The maximum Gasteiger partial charge on any atom is 0.259 e. The van der Waals surface area contributed by atoms with Crippen molar-refractivity contribution in [3.63, 3.8) is 0 Å². The van der Waals surface area contributed by atoms with Gasteiger partial charge in [0, 0.05) is 31.3 Å². The summed E-state index contributed by atoms with van der Waals surface area (Å²) in [5.74, 6) is -0.121. The normalized spacial score (nSPS) is 10.3. The molecule has 0 radical (unpaired) electrons. The number of nitrogens with one attached hydrogen (secondary N) is 2. The summed E-state index contributed by atoms with van der Waals surface area (Å²) >= 11 is 0. The summed E-state index contributed by atoms with van der Waals surface area (Å²) in [6, 6.07) is 12.8. The van der Waals surface area contributed by atoms with Crippen LogP contribution in [-0.4, -0.2) is 33.4 Å². The molecular weight excluding hydrogens is 318 g/mol. The molecule has 0 saturated carbocycles. The number of amides is 2. The monoisotopic (exact) mass is 335 g/mol. The van der Waals surface area contributed by atoms with Crippen LogP contribution in [0.4, 0.5) is 5.95 Å². The Balaban J connectivity index is 1.93. The van der Waals surface area contributed by atoms with Crippen molar-refractivity contribution in [3.05, 3.63) is 72.3 Å². The number of carbonyl (C=O) groups excluding carboxylic acids is 2. The summed E-state index contributed by atoms with van der Waals surface area (Å²) < 4.78 is 1.74. The van der Waals surface area contributed by atoms with Gasteiger partial charge in [0.05, 0.1) is 17.7 Å². The van der Waals surface area contributed by atoms with Gasteiger partial charge in [-0.1, -0.05) is 18.2 Å². The van der Waals surface area contributed by atoms with Crippen molar-refractivity contribution < 1.29 is 9.59 Å². The highest BCUT2D eigenvalue weighted by Gasteiger charge is 2.15. The fourth-order valence-electron chi connectivity index (χ4n) is 2.31. The maximum absolute atomic E-state index is 12.4. The minimum absolute atomic E-state index is 0.131. The molecule has 25 heavy (non-hydrogen) atoms. The van der Waals surface area contributed by atoms with Crippen molar-refractivity contribution in [2.45, 2.75) is 6.42 Å². The molecule has 2 heterocycles. The van der Waals surface area contributed by atoms with Crippen molar-refractivity contribution in [2.75, 3.05) is 12.4 Å². The van der Waals surface area contributed by atoms with Gasteiger partial charge in [-0.15, -0.1) is 0 Å². The van der Waals surface area contributed by atoms with E-state index in [0.29, 0.717) is 17.2 Å². The first kappa shape index (κ1) is 16.4. The molecule has 0 fully saturated rings. The molecule has 2 N–H and O–H groups in total. The quantitative estimate of drug-likeness (QED) is 0.744. The molecule has 0 spiro atoms. The standard InChI is InChI=1S/C18H17N5O2/c1-19-16(24)10-14-12-23(15-7-3-2-4-8-15)18(21-14)22-17(25)13-6-5-9-20-11-13/h2-9,11-12H,10H2,1H3,(H,19,24)(H,21,22,25). The third-order valence-electron chi connectivity index (χ3n) is 3.56. The van der Waals surface area contributed by atoms with Gasteiger partial charge >= 0.3 is 0 Å². The summed E-state index contributed by atoms with van der Waals surface area (Å²) in [5, 5.41) is 5.34. The van der Waals surface area contributed by atoms with Crippen molar-refractivity contribution in [3.8, 4) is 5.69 Å². The van der Waals surface area contributed by atoms with Crippen LogP contribution in [0.25, 0.3) is 5.69 Å². The predicted octanol–water partition coefficient (Wildman–Crippen LogP) is 1.81. The number of para-hydroxylation sites is 1. The second-order valence-corrected chi connectivity index (χ2v) is 5.31. The number of imidazole rings is 1. The fraction of sp³-hybridized carbons (Fsp3) is 0.111. The van der Waals surface area contributed by atoms with Gasteiger partial charge in [0.1, 0.15) is 0 Å². The van der Waals surface area contributed by atoms with Crippen molar-refractivity contribution in [2.24, 2.45) is 0 Å². The first-order chi connectivity index (χ1) is 12.2. The lowest BCUT2D eigenvalue weighted by molar-refractivity contribution is -0.120. The zero-order chi connectivity index (χ0) is 17.6. The molecule has 0 bridgehead atoms. The predicted molar refractivity (Wildman–Crippen MR) is 93.5 cm³/mol. The molecule has 0 aliphatic rings. The highest BCUT2D eigenvalue weighted by molar-refractivity contribution is 6.03. The lowest BCUT2D eigenvalue weighted by atomic mass is 10.3. The third kappa shape index (κ3) is 3.89. The zero-order valence-electron chi connectivity index (χ0n) is 13.6. The van der Waals surface area contributed by atoms with Crippen LogP contribution in [0, 0.1) is 0 Å². The molecule has 7 heteroatoms. The van der Waals surface area contributed by atoms with Crippen LogP contribution in [-0.2, 0) is 11.2 Å². The molecule has 1 aromatic carbocycles. The van der Waals surface area contributed by atoms with Crippen LogP contribution in [0.5, 0.6) is 0 Å². The van der Waals surface area contributed by atoms with Gasteiger partial charge in [-0.05, 0) is 24.3 Å². The van der Waals surface area contributed by atoms with Crippen molar-refractivity contribution in [1.82, 2.24) is 19.9 Å². The summed E-state index contributed by atoms with van der Waals surface area (Å²) in [4.78, 5) is 32.4. The first-order valence-electron chi connectivity index (χ1n) is 7.73. The number of carbonyl (C=O) groups is 2. The molecule has 0 unspecified atom stereocenters. The largest absolute Gasteiger partial charge is 0.359 e. The average Bonchev–Trinajstić information content (AvgIpc) is 3.05. The fourth-order valence-corrected chi connectivity index (χ4v) is 2.31. The van der Waals surface area contributed by atoms with E-state index in [1.165, 1.54) is 6.20 Å². The Bertz CT molecular complexity index is 875. The molecule has 0 aliphatic heterocycles. The Morgan fingerprint density at radius 1 is 1.12 bits per heavy atom. The van der Waals surface area contributed by atoms with E-state index < -0.39 is 0 Å². The van der Waals surface area contributed by atoms with Gasteiger partial charge in [0.15, 0.2) is 0 Å². The first-order valence-corrected chi connectivity index (χ1v) is 7.73. The second kappa shape index (κ2) is 7.39. The van der Waals surface area contributed by atoms with Gasteiger partial charge in [-0.25, -0.2) is 4.98 Å². The minimum atomic E-state index is -0.317. The average molecular weight is 335 g/mol. The number of hydrogen-bond acceptors (Lipinski definition) is 4. The molecule has 126 valence electrons. The van der Waals surface area contributed by atoms with E-state index in [1.54, 1.807) is 36.1 Å². The second-order valence-electron chi connectivity index (χ2n) is 5.31. The van der Waals surface area contributed by atoms with Crippen LogP contribution in [0.2, 0.25) is 0 Å². The molecule has 0 saturated heterocycles. The van der Waals surface area contributed by atoms with Crippen molar-refractivity contribution in [1.29, 1.82) is 0 Å². The number of anilines is 1. The van der Waals surface area contributed by atoms with E-state index in [0.717, 1.165) is 5.69 Å². The molecule has 0 aliphatic carbocycles. The van der Waals surface area contributed by atoms with Crippen LogP contribution in [0.15, 0.2) is 61.1 Å². The Kier molecular flexibility index (Phi) is 4.84. The zero-order valence-corrected chi connectivity index (χ0v) is 13.6.